The zero-order chi connectivity index (χ0) is 14.5. The molecule has 0 aromatic heterocycles. The average molecular weight is 291 g/mol. The van der Waals surface area contributed by atoms with E-state index in [9.17, 15) is 9.59 Å². The molecule has 2 amide bonds. The Bertz CT molecular complexity index is 537. The summed E-state index contributed by atoms with van der Waals surface area (Å²) in [7, 11) is 1.60. The Morgan fingerprint density at radius 1 is 1.25 bits per heavy atom. The van der Waals surface area contributed by atoms with Crippen molar-refractivity contribution in [3.63, 3.8) is 0 Å². The van der Waals surface area contributed by atoms with Gasteiger partial charge in [0.15, 0.2) is 0 Å². The summed E-state index contributed by atoms with van der Waals surface area (Å²) in [5.41, 5.74) is 2.09. The van der Waals surface area contributed by atoms with Gasteiger partial charge in [-0.3, -0.25) is 14.5 Å². The van der Waals surface area contributed by atoms with Crippen molar-refractivity contribution in [2.75, 3.05) is 20.3 Å². The molecule has 5 heteroatoms. The molecule has 1 aromatic rings. The highest BCUT2D eigenvalue weighted by molar-refractivity contribution is 8.18. The molecule has 1 fully saturated rings. The SMILES string of the molecule is COCCCN1C(=O)S/C(=C/c2ccc(C)cc2)C1=O. The summed E-state index contributed by atoms with van der Waals surface area (Å²) >= 11 is 0.997. The second-order valence-corrected chi connectivity index (χ2v) is 5.58. The Kier molecular flexibility index (Phi) is 4.98. The Labute approximate surface area is 122 Å². The van der Waals surface area contributed by atoms with Gasteiger partial charge in [0.1, 0.15) is 0 Å². The molecule has 4 nitrogen and oxygen atoms in total. The van der Waals surface area contributed by atoms with E-state index < -0.39 is 0 Å². The average Bonchev–Trinajstić information content (AvgIpc) is 2.69. The first-order valence-corrected chi connectivity index (χ1v) is 7.24. The minimum Gasteiger partial charge on any atom is -0.385 e. The number of thioether (sulfide) groups is 1. The standard InChI is InChI=1S/C15H17NO3S/c1-11-4-6-12(7-5-11)10-13-14(17)16(15(18)20-13)8-3-9-19-2/h4-7,10H,3,8-9H2,1-2H3/b13-10+. The molecule has 1 aromatic carbocycles. The van der Waals surface area contributed by atoms with Crippen molar-refractivity contribution in [1.82, 2.24) is 4.90 Å². The molecule has 2 rings (SSSR count). The summed E-state index contributed by atoms with van der Waals surface area (Å²) in [6.07, 6.45) is 2.42. The molecule has 1 aliphatic heterocycles. The van der Waals surface area contributed by atoms with Crippen LogP contribution in [0.15, 0.2) is 29.2 Å². The highest BCUT2D eigenvalue weighted by atomic mass is 32.2. The van der Waals surface area contributed by atoms with Crippen LogP contribution in [0.3, 0.4) is 0 Å². The van der Waals surface area contributed by atoms with E-state index in [0.717, 1.165) is 22.9 Å². The zero-order valence-corrected chi connectivity index (χ0v) is 12.4. The Hall–Kier alpha value is -1.59. The van der Waals surface area contributed by atoms with Crippen LogP contribution in [0.25, 0.3) is 6.08 Å². The third-order valence-corrected chi connectivity index (χ3v) is 3.89. The molecule has 0 radical (unpaired) electrons. The van der Waals surface area contributed by atoms with Gasteiger partial charge in [-0.05, 0) is 36.7 Å². The fraction of sp³-hybridized carbons (Fsp3) is 0.333. The Morgan fingerprint density at radius 3 is 2.60 bits per heavy atom. The van der Waals surface area contributed by atoms with E-state index in [4.69, 9.17) is 4.74 Å². The molecule has 106 valence electrons. The number of ether oxygens (including phenoxy) is 1. The van der Waals surface area contributed by atoms with Crippen LogP contribution < -0.4 is 0 Å². The molecule has 1 aliphatic rings. The number of hydrogen-bond donors (Lipinski definition) is 0. The van der Waals surface area contributed by atoms with E-state index in [2.05, 4.69) is 0 Å². The van der Waals surface area contributed by atoms with Gasteiger partial charge in [0.2, 0.25) is 0 Å². The largest absolute Gasteiger partial charge is 0.385 e. The molecular formula is C15H17NO3S. The lowest BCUT2D eigenvalue weighted by Crippen LogP contribution is -2.29. The van der Waals surface area contributed by atoms with E-state index in [-0.39, 0.29) is 11.1 Å². The van der Waals surface area contributed by atoms with Gasteiger partial charge in [-0.1, -0.05) is 29.8 Å². The van der Waals surface area contributed by atoms with Crippen LogP contribution >= 0.6 is 11.8 Å². The normalized spacial score (nSPS) is 17.3. The first-order valence-electron chi connectivity index (χ1n) is 6.43. The first kappa shape index (κ1) is 14.8. The van der Waals surface area contributed by atoms with Crippen LogP contribution in [0, 0.1) is 6.92 Å². The van der Waals surface area contributed by atoms with E-state index in [1.165, 1.54) is 4.90 Å². The van der Waals surface area contributed by atoms with Crippen molar-refractivity contribution in [3.8, 4) is 0 Å². The quantitative estimate of drug-likeness (QED) is 0.618. The van der Waals surface area contributed by atoms with Gasteiger partial charge in [0.25, 0.3) is 11.1 Å². The van der Waals surface area contributed by atoms with Crippen molar-refractivity contribution < 1.29 is 14.3 Å². The number of rotatable bonds is 5. The van der Waals surface area contributed by atoms with Gasteiger partial charge >= 0.3 is 0 Å². The molecule has 0 aliphatic carbocycles. The van der Waals surface area contributed by atoms with Crippen molar-refractivity contribution in [2.45, 2.75) is 13.3 Å². The van der Waals surface area contributed by atoms with Crippen LogP contribution in [-0.4, -0.2) is 36.3 Å². The molecular weight excluding hydrogens is 274 g/mol. The number of amides is 2. The highest BCUT2D eigenvalue weighted by Gasteiger charge is 2.34. The number of carbonyl (C=O) groups excluding carboxylic acids is 2. The molecule has 1 heterocycles. The second-order valence-electron chi connectivity index (χ2n) is 4.59. The zero-order valence-electron chi connectivity index (χ0n) is 11.6. The van der Waals surface area contributed by atoms with E-state index >= 15 is 0 Å². The fourth-order valence-corrected chi connectivity index (χ4v) is 2.74. The minimum absolute atomic E-state index is 0.204. The number of carbonyl (C=O) groups is 2. The minimum atomic E-state index is -0.211. The predicted molar refractivity (Wildman–Crippen MR) is 80.3 cm³/mol. The van der Waals surface area contributed by atoms with Gasteiger partial charge < -0.3 is 4.74 Å². The van der Waals surface area contributed by atoms with Gasteiger partial charge in [-0.2, -0.15) is 0 Å². The summed E-state index contributed by atoms with van der Waals surface area (Å²) in [4.78, 5) is 25.7. The number of aryl methyl sites for hydroxylation is 1. The third-order valence-electron chi connectivity index (χ3n) is 2.98. The van der Waals surface area contributed by atoms with E-state index in [1.54, 1.807) is 13.2 Å². The molecule has 0 saturated carbocycles. The summed E-state index contributed by atoms with van der Waals surface area (Å²) in [5.74, 6) is -0.211. The third kappa shape index (κ3) is 3.49. The number of hydrogen-bond acceptors (Lipinski definition) is 4. The van der Waals surface area contributed by atoms with E-state index in [1.807, 2.05) is 31.2 Å². The number of nitrogens with zero attached hydrogens (tertiary/aromatic N) is 1. The van der Waals surface area contributed by atoms with Crippen LogP contribution in [0.4, 0.5) is 4.79 Å². The monoisotopic (exact) mass is 291 g/mol. The molecule has 0 N–H and O–H groups in total. The molecule has 0 unspecified atom stereocenters. The number of methoxy groups -OCH3 is 1. The van der Waals surface area contributed by atoms with Gasteiger partial charge in [-0.15, -0.1) is 0 Å². The number of benzene rings is 1. The maximum Gasteiger partial charge on any atom is 0.293 e. The lowest BCUT2D eigenvalue weighted by Gasteiger charge is -2.11. The summed E-state index contributed by atoms with van der Waals surface area (Å²) in [6.45, 7) is 2.95. The van der Waals surface area contributed by atoms with Crippen LogP contribution in [0.2, 0.25) is 0 Å². The van der Waals surface area contributed by atoms with Crippen LogP contribution in [-0.2, 0) is 9.53 Å². The van der Waals surface area contributed by atoms with Crippen molar-refractivity contribution in [3.05, 3.63) is 40.3 Å². The molecule has 20 heavy (non-hydrogen) atoms. The second kappa shape index (κ2) is 6.72. The topological polar surface area (TPSA) is 46.6 Å². The molecule has 0 spiro atoms. The van der Waals surface area contributed by atoms with Crippen molar-refractivity contribution in [1.29, 1.82) is 0 Å². The van der Waals surface area contributed by atoms with E-state index in [0.29, 0.717) is 24.5 Å². The molecule has 1 saturated heterocycles. The van der Waals surface area contributed by atoms with Gasteiger partial charge in [0.05, 0.1) is 4.91 Å². The Morgan fingerprint density at radius 2 is 1.95 bits per heavy atom. The van der Waals surface area contributed by atoms with Gasteiger partial charge in [0, 0.05) is 20.3 Å². The van der Waals surface area contributed by atoms with Crippen molar-refractivity contribution >= 4 is 29.0 Å². The van der Waals surface area contributed by atoms with Crippen molar-refractivity contribution in [2.24, 2.45) is 0 Å². The summed E-state index contributed by atoms with van der Waals surface area (Å²) in [5, 5.41) is -0.204. The summed E-state index contributed by atoms with van der Waals surface area (Å²) < 4.78 is 4.94. The lowest BCUT2D eigenvalue weighted by atomic mass is 10.1. The number of imide groups is 1. The van der Waals surface area contributed by atoms with Crippen LogP contribution in [0.1, 0.15) is 17.5 Å². The lowest BCUT2D eigenvalue weighted by molar-refractivity contribution is -0.122. The fourth-order valence-electron chi connectivity index (χ4n) is 1.87. The van der Waals surface area contributed by atoms with Crippen LogP contribution in [0.5, 0.6) is 0 Å². The predicted octanol–water partition coefficient (Wildman–Crippen LogP) is 3.07. The maximum atomic E-state index is 12.2. The molecule has 0 bridgehead atoms. The summed E-state index contributed by atoms with van der Waals surface area (Å²) in [6, 6.07) is 7.84. The van der Waals surface area contributed by atoms with Gasteiger partial charge in [-0.25, -0.2) is 0 Å². The molecule has 0 atom stereocenters. The maximum absolute atomic E-state index is 12.2. The Balaban J connectivity index is 2.09. The smallest absolute Gasteiger partial charge is 0.293 e. The first-order chi connectivity index (χ1) is 9.61. The highest BCUT2D eigenvalue weighted by Crippen LogP contribution is 2.32.